The Morgan fingerprint density at radius 3 is 2.68 bits per heavy atom. The van der Waals surface area contributed by atoms with E-state index < -0.39 is 0 Å². The molecule has 4 heteroatoms. The number of nitrogens with zero attached hydrogens (tertiary/aromatic N) is 1. The number of hydrogen-bond acceptors (Lipinski definition) is 3. The Balaban J connectivity index is 2.16. The van der Waals surface area contributed by atoms with Gasteiger partial charge in [0.15, 0.2) is 0 Å². The lowest BCUT2D eigenvalue weighted by atomic mass is 10.0. The Hall–Kier alpha value is -2.38. The fourth-order valence-corrected chi connectivity index (χ4v) is 2.33. The number of benzene rings is 2. The van der Waals surface area contributed by atoms with Crippen molar-refractivity contribution in [1.29, 1.82) is 5.26 Å². The molecule has 0 amide bonds. The van der Waals surface area contributed by atoms with Gasteiger partial charge in [0.1, 0.15) is 5.82 Å². The summed E-state index contributed by atoms with van der Waals surface area (Å²) in [5, 5.41) is 12.4. The highest BCUT2D eigenvalue weighted by Gasteiger charge is 2.11. The number of hydrogen-bond donors (Lipinski definition) is 1. The number of rotatable bonds is 7. The summed E-state index contributed by atoms with van der Waals surface area (Å²) in [4.78, 5) is 0. The van der Waals surface area contributed by atoms with Gasteiger partial charge in [-0.1, -0.05) is 18.2 Å². The Morgan fingerprint density at radius 2 is 2.00 bits per heavy atom. The minimum absolute atomic E-state index is 0.0460. The molecule has 2 aromatic rings. The molecule has 0 saturated heterocycles. The first kappa shape index (κ1) is 16.0. The highest BCUT2D eigenvalue weighted by atomic mass is 19.1. The van der Waals surface area contributed by atoms with Gasteiger partial charge in [-0.25, -0.2) is 4.39 Å². The van der Waals surface area contributed by atoms with E-state index >= 15 is 0 Å². The first-order chi connectivity index (χ1) is 10.7. The third-order valence-corrected chi connectivity index (χ3v) is 3.45. The van der Waals surface area contributed by atoms with Gasteiger partial charge in [-0.2, -0.15) is 5.26 Å². The Kier molecular flexibility index (Phi) is 5.93. The summed E-state index contributed by atoms with van der Waals surface area (Å²) in [6, 6.07) is 16.0. The maximum absolute atomic E-state index is 13.1. The number of anilines is 1. The molecule has 114 valence electrons. The molecule has 0 heterocycles. The van der Waals surface area contributed by atoms with E-state index in [9.17, 15) is 4.39 Å². The number of halogens is 1. The lowest BCUT2D eigenvalue weighted by Crippen LogP contribution is -2.12. The van der Waals surface area contributed by atoms with Gasteiger partial charge >= 0.3 is 0 Å². The third-order valence-electron chi connectivity index (χ3n) is 3.45. The van der Waals surface area contributed by atoms with Crippen molar-refractivity contribution in [1.82, 2.24) is 0 Å². The predicted octanol–water partition coefficient (Wildman–Crippen LogP) is 4.28. The lowest BCUT2D eigenvalue weighted by Gasteiger charge is -2.20. The van der Waals surface area contributed by atoms with Crippen molar-refractivity contribution in [3.05, 3.63) is 65.5 Å². The van der Waals surface area contributed by atoms with Crippen LogP contribution in [-0.4, -0.2) is 13.7 Å². The quantitative estimate of drug-likeness (QED) is 0.776. The zero-order valence-corrected chi connectivity index (χ0v) is 12.6. The molecule has 0 spiro atoms. The van der Waals surface area contributed by atoms with Gasteiger partial charge in [0.05, 0.1) is 17.7 Å². The van der Waals surface area contributed by atoms with Gasteiger partial charge < -0.3 is 10.1 Å². The molecule has 0 unspecified atom stereocenters. The second kappa shape index (κ2) is 8.16. The predicted molar refractivity (Wildman–Crippen MR) is 85.0 cm³/mol. The summed E-state index contributed by atoms with van der Waals surface area (Å²) >= 11 is 0. The van der Waals surface area contributed by atoms with E-state index in [1.807, 2.05) is 18.2 Å². The van der Waals surface area contributed by atoms with Crippen molar-refractivity contribution >= 4 is 5.69 Å². The van der Waals surface area contributed by atoms with E-state index in [2.05, 4.69) is 11.4 Å². The Bertz CT molecular complexity index is 634. The van der Waals surface area contributed by atoms with Gasteiger partial charge in [-0.15, -0.1) is 0 Å². The Labute approximate surface area is 130 Å². The van der Waals surface area contributed by atoms with Gasteiger partial charge in [-0.05, 0) is 48.7 Å². The molecule has 3 nitrogen and oxygen atoms in total. The Morgan fingerprint density at radius 1 is 1.23 bits per heavy atom. The van der Waals surface area contributed by atoms with Crippen molar-refractivity contribution < 1.29 is 9.13 Å². The zero-order chi connectivity index (χ0) is 15.8. The topological polar surface area (TPSA) is 45.0 Å². The number of methoxy groups -OCH3 is 1. The van der Waals surface area contributed by atoms with Crippen molar-refractivity contribution in [3.8, 4) is 6.07 Å². The van der Waals surface area contributed by atoms with E-state index in [0.29, 0.717) is 12.2 Å². The molecule has 2 rings (SSSR count). The second-order valence-corrected chi connectivity index (χ2v) is 5.08. The van der Waals surface area contributed by atoms with Crippen LogP contribution in [0.25, 0.3) is 0 Å². The normalized spacial score (nSPS) is 11.7. The maximum atomic E-state index is 13.1. The van der Waals surface area contributed by atoms with Crippen LogP contribution >= 0.6 is 0 Å². The molecular formula is C18H19FN2O. The van der Waals surface area contributed by atoms with Gasteiger partial charge in [-0.3, -0.25) is 0 Å². The van der Waals surface area contributed by atoms with Crippen LogP contribution in [-0.2, 0) is 4.74 Å². The van der Waals surface area contributed by atoms with E-state index in [-0.39, 0.29) is 11.9 Å². The van der Waals surface area contributed by atoms with Crippen LogP contribution in [0.1, 0.15) is 30.0 Å². The highest BCUT2D eigenvalue weighted by Crippen LogP contribution is 2.24. The average Bonchev–Trinajstić information content (AvgIpc) is 2.55. The molecule has 0 bridgehead atoms. The minimum Gasteiger partial charge on any atom is -0.385 e. The lowest BCUT2D eigenvalue weighted by molar-refractivity contribution is 0.191. The fourth-order valence-electron chi connectivity index (χ4n) is 2.33. The molecule has 1 atom stereocenters. The molecule has 22 heavy (non-hydrogen) atoms. The number of nitrogens with one attached hydrogen (secondary N) is 1. The molecule has 0 saturated carbocycles. The van der Waals surface area contributed by atoms with Crippen molar-refractivity contribution in [3.63, 3.8) is 0 Å². The molecule has 0 aliphatic heterocycles. The zero-order valence-electron chi connectivity index (χ0n) is 12.6. The van der Waals surface area contributed by atoms with Crippen molar-refractivity contribution in [2.45, 2.75) is 18.9 Å². The van der Waals surface area contributed by atoms with Crippen LogP contribution in [0.5, 0.6) is 0 Å². The summed E-state index contributed by atoms with van der Waals surface area (Å²) in [5.74, 6) is -0.245. The van der Waals surface area contributed by atoms with Crippen LogP contribution in [0.2, 0.25) is 0 Å². The van der Waals surface area contributed by atoms with Gasteiger partial charge in [0.25, 0.3) is 0 Å². The van der Waals surface area contributed by atoms with Crippen LogP contribution < -0.4 is 5.32 Å². The summed E-state index contributed by atoms with van der Waals surface area (Å²) in [7, 11) is 1.68. The van der Waals surface area contributed by atoms with Gasteiger partial charge in [0, 0.05) is 19.4 Å². The van der Waals surface area contributed by atoms with Crippen LogP contribution in [0.4, 0.5) is 10.1 Å². The number of nitriles is 1. The monoisotopic (exact) mass is 298 g/mol. The first-order valence-corrected chi connectivity index (χ1v) is 7.24. The second-order valence-electron chi connectivity index (χ2n) is 5.08. The van der Waals surface area contributed by atoms with Crippen LogP contribution in [0.15, 0.2) is 48.5 Å². The third kappa shape index (κ3) is 4.57. The summed E-state index contributed by atoms with van der Waals surface area (Å²) in [6.45, 7) is 0.678. The summed E-state index contributed by atoms with van der Waals surface area (Å²) in [5.41, 5.74) is 2.51. The molecule has 1 N–H and O–H groups in total. The van der Waals surface area contributed by atoms with Crippen molar-refractivity contribution in [2.75, 3.05) is 19.0 Å². The van der Waals surface area contributed by atoms with Crippen LogP contribution in [0.3, 0.4) is 0 Å². The SMILES string of the molecule is COCCC[C@@H](Nc1cccc(C#N)c1)c1ccc(F)cc1. The molecule has 2 aromatic carbocycles. The first-order valence-electron chi connectivity index (χ1n) is 7.24. The average molecular weight is 298 g/mol. The van der Waals surface area contributed by atoms with Gasteiger partial charge in [0.2, 0.25) is 0 Å². The van der Waals surface area contributed by atoms with Crippen LogP contribution in [0, 0.1) is 17.1 Å². The maximum Gasteiger partial charge on any atom is 0.123 e. The van der Waals surface area contributed by atoms with E-state index in [4.69, 9.17) is 10.00 Å². The van der Waals surface area contributed by atoms with E-state index in [1.165, 1.54) is 12.1 Å². The number of ether oxygens (including phenoxy) is 1. The van der Waals surface area contributed by atoms with E-state index in [0.717, 1.165) is 24.1 Å². The minimum atomic E-state index is -0.245. The van der Waals surface area contributed by atoms with Crippen molar-refractivity contribution in [2.24, 2.45) is 0 Å². The summed E-state index contributed by atoms with van der Waals surface area (Å²) < 4.78 is 18.2. The molecule has 0 aliphatic rings. The standard InChI is InChI=1S/C18H19FN2O/c1-22-11-3-6-18(15-7-9-16(19)10-8-15)21-17-5-2-4-14(12-17)13-20/h2,4-5,7-10,12,18,21H,3,6,11H2,1H3/t18-/m1/s1. The molecule has 0 fully saturated rings. The van der Waals surface area contributed by atoms with E-state index in [1.54, 1.807) is 25.3 Å². The molecule has 0 radical (unpaired) electrons. The smallest absolute Gasteiger partial charge is 0.123 e. The molecule has 0 aromatic heterocycles. The highest BCUT2D eigenvalue weighted by molar-refractivity contribution is 5.50. The fraction of sp³-hybridized carbons (Fsp3) is 0.278. The summed E-state index contributed by atoms with van der Waals surface area (Å²) in [6.07, 6.45) is 1.75. The molecular weight excluding hydrogens is 279 g/mol. The largest absolute Gasteiger partial charge is 0.385 e. The molecule has 0 aliphatic carbocycles.